The molecular formula is C31H36N2O7. The molecule has 3 N–H and O–H groups in total. The number of benzene rings is 3. The number of amides is 2. The highest BCUT2D eigenvalue weighted by molar-refractivity contribution is 6.01. The van der Waals surface area contributed by atoms with Crippen molar-refractivity contribution in [2.45, 2.75) is 45.3 Å². The molecule has 2 amide bonds. The molecular weight excluding hydrogens is 512 g/mol. The third-order valence-electron chi connectivity index (χ3n) is 5.95. The third-order valence-corrected chi connectivity index (χ3v) is 5.95. The van der Waals surface area contributed by atoms with Crippen LogP contribution >= 0.6 is 0 Å². The number of carbonyl (C=O) groups excluding carboxylic acids is 3. The second kappa shape index (κ2) is 13.1. The number of esters is 1. The number of aliphatic hydroxyl groups excluding tert-OH is 1. The van der Waals surface area contributed by atoms with Crippen LogP contribution in [0.4, 0.5) is 10.5 Å². The summed E-state index contributed by atoms with van der Waals surface area (Å²) < 4.78 is 16.0. The molecule has 3 aromatic carbocycles. The number of anilines is 1. The Morgan fingerprint density at radius 2 is 1.52 bits per heavy atom. The predicted molar refractivity (Wildman–Crippen MR) is 152 cm³/mol. The summed E-state index contributed by atoms with van der Waals surface area (Å²) in [6.45, 7) is 6.03. The minimum Gasteiger partial charge on any atom is -0.492 e. The van der Waals surface area contributed by atoms with Crippen molar-refractivity contribution in [3.63, 3.8) is 0 Å². The Morgan fingerprint density at radius 3 is 2.12 bits per heavy atom. The van der Waals surface area contributed by atoms with E-state index in [-0.39, 0.29) is 11.3 Å². The van der Waals surface area contributed by atoms with Gasteiger partial charge in [0.05, 0.1) is 20.3 Å². The molecule has 0 bridgehead atoms. The topological polar surface area (TPSA) is 123 Å². The highest BCUT2D eigenvalue weighted by Gasteiger charge is 2.36. The lowest BCUT2D eigenvalue weighted by atomic mass is 10.0. The van der Waals surface area contributed by atoms with Gasteiger partial charge in [0.15, 0.2) is 0 Å². The van der Waals surface area contributed by atoms with E-state index in [0.29, 0.717) is 18.8 Å². The molecule has 0 aliphatic rings. The zero-order valence-corrected chi connectivity index (χ0v) is 23.4. The normalized spacial score (nSPS) is 12.6. The Bertz CT molecular complexity index is 1320. The van der Waals surface area contributed by atoms with Crippen LogP contribution in [0.2, 0.25) is 0 Å². The Balaban J connectivity index is 1.66. The van der Waals surface area contributed by atoms with Gasteiger partial charge in [-0.1, -0.05) is 54.6 Å². The molecule has 40 heavy (non-hydrogen) atoms. The van der Waals surface area contributed by atoms with Crippen molar-refractivity contribution in [1.82, 2.24) is 5.32 Å². The van der Waals surface area contributed by atoms with Gasteiger partial charge < -0.3 is 30.0 Å². The van der Waals surface area contributed by atoms with Gasteiger partial charge in [0.1, 0.15) is 22.5 Å². The fraction of sp³-hybridized carbons (Fsp3) is 0.323. The maximum atomic E-state index is 13.0. The first-order chi connectivity index (χ1) is 18.9. The van der Waals surface area contributed by atoms with Gasteiger partial charge in [0.25, 0.3) is 5.91 Å². The maximum absolute atomic E-state index is 13.0. The summed E-state index contributed by atoms with van der Waals surface area (Å²) in [6, 6.07) is 22.8. The third kappa shape index (κ3) is 8.31. The monoisotopic (exact) mass is 548 g/mol. The molecule has 0 spiro atoms. The highest BCUT2D eigenvalue weighted by atomic mass is 16.6. The Morgan fingerprint density at radius 1 is 0.875 bits per heavy atom. The quantitative estimate of drug-likeness (QED) is 0.306. The zero-order valence-electron chi connectivity index (χ0n) is 23.4. The van der Waals surface area contributed by atoms with Crippen molar-refractivity contribution < 1.29 is 33.7 Å². The first-order valence-corrected chi connectivity index (χ1v) is 12.9. The van der Waals surface area contributed by atoms with Crippen LogP contribution in [0, 0.1) is 0 Å². The van der Waals surface area contributed by atoms with Gasteiger partial charge in [0.2, 0.25) is 0 Å². The summed E-state index contributed by atoms with van der Waals surface area (Å²) in [7, 11) is 1.25. The van der Waals surface area contributed by atoms with E-state index in [0.717, 1.165) is 16.7 Å². The van der Waals surface area contributed by atoms with Gasteiger partial charge in [-0.25, -0.2) is 9.59 Å². The molecule has 3 aromatic rings. The van der Waals surface area contributed by atoms with Crippen LogP contribution in [0.1, 0.15) is 43.6 Å². The van der Waals surface area contributed by atoms with E-state index in [2.05, 4.69) is 34.9 Å². The number of hydrogen-bond donors (Lipinski definition) is 3. The minimum absolute atomic E-state index is 0.116. The summed E-state index contributed by atoms with van der Waals surface area (Å²) in [5.74, 6) is -1.05. The number of alkyl carbamates (subject to hydrolysis) is 1. The van der Waals surface area contributed by atoms with Crippen molar-refractivity contribution in [3.8, 4) is 16.9 Å². The molecule has 0 aliphatic heterocycles. The average Bonchev–Trinajstić information content (AvgIpc) is 2.92. The van der Waals surface area contributed by atoms with Crippen LogP contribution in [-0.4, -0.2) is 54.5 Å². The van der Waals surface area contributed by atoms with Gasteiger partial charge in [-0.15, -0.1) is 0 Å². The molecule has 0 heterocycles. The molecule has 0 fully saturated rings. The first-order valence-electron chi connectivity index (χ1n) is 12.9. The molecule has 0 radical (unpaired) electrons. The second-order valence-electron chi connectivity index (χ2n) is 10.4. The van der Waals surface area contributed by atoms with Gasteiger partial charge in [-0.2, -0.15) is 0 Å². The van der Waals surface area contributed by atoms with Gasteiger partial charge in [-0.3, -0.25) is 4.79 Å². The largest absolute Gasteiger partial charge is 0.492 e. The first kappa shape index (κ1) is 30.2. The molecule has 1 atom stereocenters. The predicted octanol–water partition coefficient (Wildman–Crippen LogP) is 4.98. The molecule has 0 saturated heterocycles. The van der Waals surface area contributed by atoms with Crippen LogP contribution in [0.3, 0.4) is 0 Å². The van der Waals surface area contributed by atoms with Gasteiger partial charge >= 0.3 is 12.1 Å². The van der Waals surface area contributed by atoms with Crippen LogP contribution in [0.25, 0.3) is 11.1 Å². The Kier molecular flexibility index (Phi) is 9.90. The zero-order chi connectivity index (χ0) is 29.3. The summed E-state index contributed by atoms with van der Waals surface area (Å²) in [5, 5.41) is 14.9. The fourth-order valence-corrected chi connectivity index (χ4v) is 3.74. The van der Waals surface area contributed by atoms with Crippen LogP contribution in [-0.2, 0) is 20.7 Å². The standard InChI is InChI=1S/C31H36N2O7/c1-30(2,3)40-29(37)33-31(4,20-34)28(36)32-24-15-16-26(25(19-24)27(35)38-5)39-18-17-21-11-13-23(14-12-21)22-9-7-6-8-10-22/h6-16,19,34H,17-18,20H2,1-5H3,(H,32,36)(H,33,37)/t31-/m0/s1. The Hall–Kier alpha value is -4.37. The van der Waals surface area contributed by atoms with Crippen molar-refractivity contribution in [2.75, 3.05) is 25.6 Å². The number of rotatable bonds is 10. The number of hydrogen-bond acceptors (Lipinski definition) is 7. The van der Waals surface area contributed by atoms with Gasteiger partial charge in [0, 0.05) is 12.1 Å². The highest BCUT2D eigenvalue weighted by Crippen LogP contribution is 2.25. The van der Waals surface area contributed by atoms with E-state index in [1.165, 1.54) is 20.1 Å². The lowest BCUT2D eigenvalue weighted by Crippen LogP contribution is -2.58. The maximum Gasteiger partial charge on any atom is 0.408 e. The Labute approximate surface area is 234 Å². The van der Waals surface area contributed by atoms with Crippen molar-refractivity contribution in [1.29, 1.82) is 0 Å². The van der Waals surface area contributed by atoms with E-state index >= 15 is 0 Å². The number of nitrogens with one attached hydrogen (secondary N) is 2. The number of methoxy groups -OCH3 is 1. The summed E-state index contributed by atoms with van der Waals surface area (Å²) in [6.07, 6.45) is -0.243. The lowest BCUT2D eigenvalue weighted by Gasteiger charge is -2.29. The van der Waals surface area contributed by atoms with Crippen LogP contribution in [0.5, 0.6) is 5.75 Å². The second-order valence-corrected chi connectivity index (χ2v) is 10.4. The smallest absolute Gasteiger partial charge is 0.408 e. The number of carbonyl (C=O) groups is 3. The van der Waals surface area contributed by atoms with E-state index < -0.39 is 35.7 Å². The van der Waals surface area contributed by atoms with E-state index in [4.69, 9.17) is 14.2 Å². The molecule has 9 nitrogen and oxygen atoms in total. The molecule has 9 heteroatoms. The van der Waals surface area contributed by atoms with Crippen molar-refractivity contribution in [2.24, 2.45) is 0 Å². The molecule has 3 rings (SSSR count). The van der Waals surface area contributed by atoms with Crippen LogP contribution < -0.4 is 15.4 Å². The van der Waals surface area contributed by atoms with E-state index in [1.54, 1.807) is 32.9 Å². The van der Waals surface area contributed by atoms with E-state index in [1.807, 2.05) is 30.3 Å². The summed E-state index contributed by atoms with van der Waals surface area (Å²) >= 11 is 0. The minimum atomic E-state index is -1.68. The molecule has 0 aromatic heterocycles. The molecule has 0 aliphatic carbocycles. The molecule has 212 valence electrons. The SMILES string of the molecule is COC(=O)c1cc(NC(=O)[C@](C)(CO)NC(=O)OC(C)(C)C)ccc1OCCc1ccc(-c2ccccc2)cc1. The lowest BCUT2D eigenvalue weighted by molar-refractivity contribution is -0.123. The number of ether oxygens (including phenoxy) is 3. The van der Waals surface area contributed by atoms with Gasteiger partial charge in [-0.05, 0) is 62.6 Å². The summed E-state index contributed by atoms with van der Waals surface area (Å²) in [4.78, 5) is 37.6. The van der Waals surface area contributed by atoms with Crippen molar-refractivity contribution >= 4 is 23.7 Å². The summed E-state index contributed by atoms with van der Waals surface area (Å²) in [5.41, 5.74) is 1.23. The van der Waals surface area contributed by atoms with Crippen LogP contribution in [0.15, 0.2) is 72.8 Å². The van der Waals surface area contributed by atoms with E-state index in [9.17, 15) is 19.5 Å². The molecule has 0 unspecified atom stereocenters. The average molecular weight is 549 g/mol. The van der Waals surface area contributed by atoms with Crippen molar-refractivity contribution in [3.05, 3.63) is 83.9 Å². The molecule has 0 saturated carbocycles. The fourth-order valence-electron chi connectivity index (χ4n) is 3.74. The number of aliphatic hydroxyl groups is 1.